The summed E-state index contributed by atoms with van der Waals surface area (Å²) in [6, 6.07) is 12.9. The van der Waals surface area contributed by atoms with Crippen molar-refractivity contribution in [3.63, 3.8) is 0 Å². The second-order valence-corrected chi connectivity index (χ2v) is 2.79. The zero-order valence-electron chi connectivity index (χ0n) is 7.42. The fourth-order valence-corrected chi connectivity index (χ4v) is 1.26. The van der Waals surface area contributed by atoms with Crippen molar-refractivity contribution in [3.8, 4) is 0 Å². The molecule has 0 aliphatic carbocycles. The highest BCUT2D eigenvalue weighted by Gasteiger charge is 2.16. The molecule has 0 N–H and O–H groups in total. The summed E-state index contributed by atoms with van der Waals surface area (Å²) in [5.41, 5.74) is 10.1. The molecular formula is C11H8N2O. The van der Waals surface area contributed by atoms with Crippen molar-refractivity contribution in [3.05, 3.63) is 65.6 Å². The van der Waals surface area contributed by atoms with E-state index in [2.05, 4.69) is 4.79 Å². The van der Waals surface area contributed by atoms with Crippen LogP contribution in [0.2, 0.25) is 0 Å². The number of hydrogen-bond donors (Lipinski definition) is 0. The number of furan rings is 1. The highest BCUT2D eigenvalue weighted by molar-refractivity contribution is 6.07. The molecular weight excluding hydrogens is 176 g/mol. The molecule has 0 aliphatic heterocycles. The standard InChI is InChI=1S/C11H8N2O/c12-13-11(10-7-4-8-14-10)9-5-2-1-3-6-9/h1-8H. The maximum Gasteiger partial charge on any atom is 0.364 e. The van der Waals surface area contributed by atoms with Gasteiger partial charge in [-0.15, -0.1) is 0 Å². The van der Waals surface area contributed by atoms with Crippen molar-refractivity contribution in [2.45, 2.75) is 0 Å². The molecule has 1 heterocycles. The zero-order valence-corrected chi connectivity index (χ0v) is 7.42. The quantitative estimate of drug-likeness (QED) is 0.401. The first-order chi connectivity index (χ1) is 6.92. The van der Waals surface area contributed by atoms with E-state index in [1.165, 1.54) is 0 Å². The predicted molar refractivity (Wildman–Crippen MR) is 52.0 cm³/mol. The van der Waals surface area contributed by atoms with Gasteiger partial charge in [-0.25, -0.2) is 0 Å². The predicted octanol–water partition coefficient (Wildman–Crippen LogP) is 2.35. The lowest BCUT2D eigenvalue weighted by Gasteiger charge is -1.91. The topological polar surface area (TPSA) is 49.5 Å². The van der Waals surface area contributed by atoms with Crippen molar-refractivity contribution in [2.24, 2.45) is 0 Å². The van der Waals surface area contributed by atoms with E-state index < -0.39 is 0 Å². The second kappa shape index (κ2) is 3.73. The summed E-state index contributed by atoms with van der Waals surface area (Å²) in [5.74, 6) is 0.554. The highest BCUT2D eigenvalue weighted by atomic mass is 16.3. The molecule has 68 valence electrons. The van der Waals surface area contributed by atoms with Crippen molar-refractivity contribution in [2.75, 3.05) is 0 Å². The smallest absolute Gasteiger partial charge is 0.364 e. The van der Waals surface area contributed by atoms with Gasteiger partial charge in [0.25, 0.3) is 0 Å². The molecule has 3 nitrogen and oxygen atoms in total. The van der Waals surface area contributed by atoms with E-state index in [9.17, 15) is 0 Å². The maximum absolute atomic E-state index is 8.88. The van der Waals surface area contributed by atoms with Crippen LogP contribution >= 0.6 is 0 Å². The molecule has 0 atom stereocenters. The number of rotatable bonds is 2. The Kier molecular flexibility index (Phi) is 2.26. The normalized spacial score (nSPS) is 9.43. The van der Waals surface area contributed by atoms with E-state index in [-0.39, 0.29) is 0 Å². The van der Waals surface area contributed by atoms with Crippen LogP contribution in [0.5, 0.6) is 0 Å². The third-order valence-corrected chi connectivity index (χ3v) is 1.90. The summed E-state index contributed by atoms with van der Waals surface area (Å²) in [6.07, 6.45) is 1.55. The summed E-state index contributed by atoms with van der Waals surface area (Å²) in [7, 11) is 0. The van der Waals surface area contributed by atoms with Gasteiger partial charge in [0.05, 0.1) is 11.8 Å². The minimum Gasteiger partial charge on any atom is -0.457 e. The van der Waals surface area contributed by atoms with Crippen LogP contribution in [0.4, 0.5) is 0 Å². The zero-order chi connectivity index (χ0) is 9.80. The van der Waals surface area contributed by atoms with Gasteiger partial charge in [-0.05, 0) is 24.3 Å². The Morgan fingerprint density at radius 2 is 1.86 bits per heavy atom. The molecule has 2 rings (SSSR count). The Bertz CT molecular complexity index is 453. The van der Waals surface area contributed by atoms with E-state index in [1.54, 1.807) is 18.4 Å². The van der Waals surface area contributed by atoms with Crippen LogP contribution in [-0.4, -0.2) is 10.5 Å². The number of hydrogen-bond acceptors (Lipinski definition) is 1. The van der Waals surface area contributed by atoms with E-state index in [0.29, 0.717) is 11.5 Å². The molecule has 0 saturated heterocycles. The van der Waals surface area contributed by atoms with Crippen molar-refractivity contribution in [1.82, 2.24) is 0 Å². The van der Waals surface area contributed by atoms with E-state index >= 15 is 0 Å². The molecule has 0 fully saturated rings. The molecule has 0 bridgehead atoms. The van der Waals surface area contributed by atoms with Gasteiger partial charge in [-0.3, -0.25) is 0 Å². The van der Waals surface area contributed by atoms with E-state index in [4.69, 9.17) is 9.95 Å². The largest absolute Gasteiger partial charge is 0.457 e. The van der Waals surface area contributed by atoms with Crippen LogP contribution in [0.3, 0.4) is 0 Å². The first-order valence-corrected chi connectivity index (χ1v) is 4.23. The SMILES string of the molecule is [N-]=[N+]=C(c1ccccc1)c1ccco1. The Hall–Kier alpha value is -2.12. The summed E-state index contributed by atoms with van der Waals surface area (Å²) >= 11 is 0. The van der Waals surface area contributed by atoms with Crippen LogP contribution in [-0.2, 0) is 0 Å². The number of nitrogens with zero attached hydrogens (tertiary/aromatic N) is 2. The molecule has 0 radical (unpaired) electrons. The molecule has 1 aromatic heterocycles. The summed E-state index contributed by atoms with van der Waals surface area (Å²) < 4.78 is 5.15. The lowest BCUT2D eigenvalue weighted by molar-refractivity contribution is -0.00446. The minimum absolute atomic E-state index is 0.440. The summed E-state index contributed by atoms with van der Waals surface area (Å²) in [5, 5.41) is 0. The number of benzene rings is 1. The highest BCUT2D eigenvalue weighted by Crippen LogP contribution is 2.08. The van der Waals surface area contributed by atoms with Crippen LogP contribution in [0.25, 0.3) is 5.53 Å². The van der Waals surface area contributed by atoms with Gasteiger partial charge in [-0.1, -0.05) is 18.2 Å². The fraction of sp³-hybridized carbons (Fsp3) is 0. The van der Waals surface area contributed by atoms with Crippen molar-refractivity contribution < 1.29 is 9.21 Å². The van der Waals surface area contributed by atoms with E-state index in [0.717, 1.165) is 5.56 Å². The van der Waals surface area contributed by atoms with Gasteiger partial charge in [-0.2, -0.15) is 4.79 Å². The van der Waals surface area contributed by atoms with E-state index in [1.807, 2.05) is 30.3 Å². The lowest BCUT2D eigenvalue weighted by atomic mass is 10.1. The molecule has 1 aromatic carbocycles. The lowest BCUT2D eigenvalue weighted by Crippen LogP contribution is -2.02. The first-order valence-electron chi connectivity index (χ1n) is 4.23. The van der Waals surface area contributed by atoms with Gasteiger partial charge < -0.3 is 9.95 Å². The van der Waals surface area contributed by atoms with Crippen molar-refractivity contribution >= 4 is 5.71 Å². The maximum atomic E-state index is 8.88. The Balaban J connectivity index is 2.48. The van der Waals surface area contributed by atoms with Crippen LogP contribution < -0.4 is 0 Å². The fourth-order valence-electron chi connectivity index (χ4n) is 1.26. The van der Waals surface area contributed by atoms with Gasteiger partial charge >= 0.3 is 5.71 Å². The van der Waals surface area contributed by atoms with Crippen LogP contribution in [0, 0.1) is 0 Å². The summed E-state index contributed by atoms with van der Waals surface area (Å²) in [4.78, 5) is 3.22. The van der Waals surface area contributed by atoms with Gasteiger partial charge in [0.15, 0.2) is 0 Å². The molecule has 0 aliphatic rings. The minimum atomic E-state index is 0.440. The van der Waals surface area contributed by atoms with Gasteiger partial charge in [0.1, 0.15) is 0 Å². The Morgan fingerprint density at radius 3 is 2.43 bits per heavy atom. The molecule has 2 aromatic rings. The average Bonchev–Trinajstić information content (AvgIpc) is 2.74. The Labute approximate surface area is 81.2 Å². The molecule has 0 unspecified atom stereocenters. The van der Waals surface area contributed by atoms with Crippen LogP contribution in [0.15, 0.2) is 53.1 Å². The summed E-state index contributed by atoms with van der Waals surface area (Å²) in [6.45, 7) is 0. The molecule has 14 heavy (non-hydrogen) atoms. The van der Waals surface area contributed by atoms with Gasteiger partial charge in [0, 0.05) is 0 Å². The third kappa shape index (κ3) is 1.49. The van der Waals surface area contributed by atoms with Crippen molar-refractivity contribution in [1.29, 1.82) is 0 Å². The molecule has 3 heteroatoms. The second-order valence-electron chi connectivity index (χ2n) is 2.79. The van der Waals surface area contributed by atoms with Gasteiger partial charge in [0.2, 0.25) is 5.76 Å². The first kappa shape index (κ1) is 8.48. The molecule has 0 spiro atoms. The van der Waals surface area contributed by atoms with Crippen LogP contribution in [0.1, 0.15) is 11.3 Å². The monoisotopic (exact) mass is 184 g/mol. The third-order valence-electron chi connectivity index (χ3n) is 1.90. The molecule has 0 amide bonds. The Morgan fingerprint density at radius 1 is 1.07 bits per heavy atom. The average molecular weight is 184 g/mol. The molecule has 0 saturated carbocycles.